The molecule has 100 valence electrons. The second-order valence-electron chi connectivity index (χ2n) is 5.66. The van der Waals surface area contributed by atoms with Gasteiger partial charge in [0, 0.05) is 0 Å². The third-order valence-electron chi connectivity index (χ3n) is 2.85. The van der Waals surface area contributed by atoms with Crippen molar-refractivity contribution in [2.24, 2.45) is 0 Å². The minimum atomic E-state index is -0.467. The smallest absolute Gasteiger partial charge is 0.408 e. The van der Waals surface area contributed by atoms with Gasteiger partial charge in [0.25, 0.3) is 0 Å². The second-order valence-corrected chi connectivity index (χ2v) is 5.66. The van der Waals surface area contributed by atoms with E-state index in [1.54, 1.807) is 0 Å². The van der Waals surface area contributed by atoms with Gasteiger partial charge in [0.05, 0.1) is 6.04 Å². The summed E-state index contributed by atoms with van der Waals surface area (Å²) >= 11 is 0. The number of benzene rings is 1. The number of aryl methyl sites for hydroxylation is 1. The highest BCUT2D eigenvalue weighted by Crippen LogP contribution is 2.20. The monoisotopic (exact) mass is 249 g/mol. The van der Waals surface area contributed by atoms with Crippen molar-refractivity contribution in [3.63, 3.8) is 0 Å². The number of hydrogen-bond donors (Lipinski definition) is 1. The van der Waals surface area contributed by atoms with E-state index in [9.17, 15) is 4.79 Å². The van der Waals surface area contributed by atoms with Crippen LogP contribution in [0, 0.1) is 13.8 Å². The summed E-state index contributed by atoms with van der Waals surface area (Å²) in [6.07, 6.45) is -0.379. The van der Waals surface area contributed by atoms with Crippen LogP contribution in [0.25, 0.3) is 0 Å². The summed E-state index contributed by atoms with van der Waals surface area (Å²) in [7, 11) is 0. The predicted octanol–water partition coefficient (Wildman–Crippen LogP) is 3.89. The number of carbonyl (C=O) groups is 1. The molecule has 0 saturated carbocycles. The Kier molecular flexibility index (Phi) is 4.38. The zero-order valence-electron chi connectivity index (χ0n) is 12.1. The minimum absolute atomic E-state index is 0.0558. The summed E-state index contributed by atoms with van der Waals surface area (Å²) in [6, 6.07) is 6.05. The van der Waals surface area contributed by atoms with Crippen LogP contribution in [-0.2, 0) is 4.74 Å². The first-order chi connectivity index (χ1) is 8.20. The highest BCUT2D eigenvalue weighted by Gasteiger charge is 2.19. The molecule has 0 heterocycles. The molecule has 0 radical (unpaired) electrons. The molecule has 0 aromatic heterocycles. The van der Waals surface area contributed by atoms with Gasteiger partial charge < -0.3 is 10.1 Å². The van der Waals surface area contributed by atoms with Gasteiger partial charge in [-0.25, -0.2) is 4.79 Å². The van der Waals surface area contributed by atoms with Gasteiger partial charge in [-0.15, -0.1) is 0 Å². The fourth-order valence-electron chi connectivity index (χ4n) is 1.80. The maximum atomic E-state index is 11.7. The summed E-state index contributed by atoms with van der Waals surface area (Å²) in [4.78, 5) is 11.7. The van der Waals surface area contributed by atoms with Crippen LogP contribution in [0.15, 0.2) is 18.2 Å². The van der Waals surface area contributed by atoms with E-state index in [4.69, 9.17) is 4.74 Å². The summed E-state index contributed by atoms with van der Waals surface area (Å²) in [6.45, 7) is 11.7. The van der Waals surface area contributed by atoms with Crippen molar-refractivity contribution in [1.82, 2.24) is 5.32 Å². The van der Waals surface area contributed by atoms with Crippen LogP contribution in [-0.4, -0.2) is 11.7 Å². The average molecular weight is 249 g/mol. The zero-order chi connectivity index (χ0) is 13.9. The van der Waals surface area contributed by atoms with Gasteiger partial charge >= 0.3 is 6.09 Å². The van der Waals surface area contributed by atoms with Gasteiger partial charge in [-0.1, -0.05) is 18.2 Å². The normalized spacial score (nSPS) is 13.0. The van der Waals surface area contributed by atoms with Crippen LogP contribution in [0.1, 0.15) is 50.4 Å². The maximum absolute atomic E-state index is 11.7. The van der Waals surface area contributed by atoms with E-state index < -0.39 is 5.60 Å². The van der Waals surface area contributed by atoms with Gasteiger partial charge in [0.2, 0.25) is 0 Å². The molecule has 3 nitrogen and oxygen atoms in total. The van der Waals surface area contributed by atoms with E-state index in [0.717, 1.165) is 5.56 Å². The van der Waals surface area contributed by atoms with E-state index >= 15 is 0 Å². The standard InChI is InChI=1S/C15H23NO2/c1-10-8-7-9-13(11(10)2)12(3)16-14(17)18-15(4,5)6/h7-9,12H,1-6H3,(H,16,17)/t12-/m1/s1. The molecule has 18 heavy (non-hydrogen) atoms. The van der Waals surface area contributed by atoms with E-state index in [-0.39, 0.29) is 12.1 Å². The molecule has 1 N–H and O–H groups in total. The molecule has 0 fully saturated rings. The Hall–Kier alpha value is -1.51. The first-order valence-electron chi connectivity index (χ1n) is 6.26. The van der Waals surface area contributed by atoms with Crippen molar-refractivity contribution in [3.05, 3.63) is 34.9 Å². The van der Waals surface area contributed by atoms with Gasteiger partial charge in [-0.05, 0) is 58.2 Å². The Balaban J connectivity index is 2.74. The fraction of sp³-hybridized carbons (Fsp3) is 0.533. The molecule has 0 saturated heterocycles. The molecule has 0 aliphatic rings. The maximum Gasteiger partial charge on any atom is 0.408 e. The van der Waals surface area contributed by atoms with Crippen molar-refractivity contribution in [1.29, 1.82) is 0 Å². The van der Waals surface area contributed by atoms with Crippen LogP contribution in [0.4, 0.5) is 4.79 Å². The Morgan fingerprint density at radius 3 is 2.44 bits per heavy atom. The number of carbonyl (C=O) groups excluding carboxylic acids is 1. The number of rotatable bonds is 2. The topological polar surface area (TPSA) is 38.3 Å². The Morgan fingerprint density at radius 1 is 1.28 bits per heavy atom. The molecule has 3 heteroatoms. The highest BCUT2D eigenvalue weighted by atomic mass is 16.6. The van der Waals surface area contributed by atoms with Crippen molar-refractivity contribution in [3.8, 4) is 0 Å². The molecule has 0 spiro atoms. The number of hydrogen-bond acceptors (Lipinski definition) is 2. The molecule has 1 aromatic carbocycles. The fourth-order valence-corrected chi connectivity index (χ4v) is 1.80. The Morgan fingerprint density at radius 2 is 1.89 bits per heavy atom. The van der Waals surface area contributed by atoms with Crippen LogP contribution < -0.4 is 5.32 Å². The van der Waals surface area contributed by atoms with Crippen LogP contribution in [0.5, 0.6) is 0 Å². The number of alkyl carbamates (subject to hydrolysis) is 1. The number of nitrogens with one attached hydrogen (secondary N) is 1. The van der Waals surface area contributed by atoms with Crippen LogP contribution in [0.3, 0.4) is 0 Å². The molecule has 0 aliphatic heterocycles. The molecule has 1 atom stereocenters. The van der Waals surface area contributed by atoms with Crippen molar-refractivity contribution in [2.45, 2.75) is 53.2 Å². The molecule has 1 rings (SSSR count). The van der Waals surface area contributed by atoms with Gasteiger partial charge in [0.15, 0.2) is 0 Å². The van der Waals surface area contributed by atoms with E-state index in [0.29, 0.717) is 0 Å². The summed E-state index contributed by atoms with van der Waals surface area (Å²) in [5.74, 6) is 0. The van der Waals surface area contributed by atoms with Crippen LogP contribution >= 0.6 is 0 Å². The minimum Gasteiger partial charge on any atom is -0.444 e. The lowest BCUT2D eigenvalue weighted by Gasteiger charge is -2.23. The molecule has 1 amide bonds. The van der Waals surface area contributed by atoms with Crippen molar-refractivity contribution < 1.29 is 9.53 Å². The third kappa shape index (κ3) is 4.06. The zero-order valence-corrected chi connectivity index (χ0v) is 12.1. The van der Waals surface area contributed by atoms with Crippen LogP contribution in [0.2, 0.25) is 0 Å². The lowest BCUT2D eigenvalue weighted by atomic mass is 9.98. The van der Waals surface area contributed by atoms with E-state index in [2.05, 4.69) is 25.2 Å². The summed E-state index contributed by atoms with van der Waals surface area (Å²) in [5, 5.41) is 2.86. The lowest BCUT2D eigenvalue weighted by molar-refractivity contribution is 0.0508. The van der Waals surface area contributed by atoms with Gasteiger partial charge in [-0.2, -0.15) is 0 Å². The lowest BCUT2D eigenvalue weighted by Crippen LogP contribution is -2.34. The van der Waals surface area contributed by atoms with E-state index in [1.165, 1.54) is 11.1 Å². The molecule has 0 unspecified atom stereocenters. The molecular formula is C15H23NO2. The largest absolute Gasteiger partial charge is 0.444 e. The predicted molar refractivity (Wildman–Crippen MR) is 73.7 cm³/mol. The molecular weight excluding hydrogens is 226 g/mol. The SMILES string of the molecule is Cc1cccc([C@@H](C)NC(=O)OC(C)(C)C)c1C. The quantitative estimate of drug-likeness (QED) is 0.863. The highest BCUT2D eigenvalue weighted by molar-refractivity contribution is 5.68. The van der Waals surface area contributed by atoms with Crippen molar-refractivity contribution >= 4 is 6.09 Å². The summed E-state index contributed by atoms with van der Waals surface area (Å²) < 4.78 is 5.25. The average Bonchev–Trinajstić information content (AvgIpc) is 2.18. The van der Waals surface area contributed by atoms with Gasteiger partial charge in [-0.3, -0.25) is 0 Å². The van der Waals surface area contributed by atoms with E-state index in [1.807, 2.05) is 39.8 Å². The molecule has 1 aromatic rings. The second kappa shape index (κ2) is 5.42. The number of ether oxygens (including phenoxy) is 1. The van der Waals surface area contributed by atoms with Crippen molar-refractivity contribution in [2.75, 3.05) is 0 Å². The number of amides is 1. The Bertz CT molecular complexity index is 433. The molecule has 0 bridgehead atoms. The summed E-state index contributed by atoms with van der Waals surface area (Å²) in [5.41, 5.74) is 3.10. The first kappa shape index (κ1) is 14.6. The van der Waals surface area contributed by atoms with Gasteiger partial charge in [0.1, 0.15) is 5.60 Å². The molecule has 0 aliphatic carbocycles. The Labute approximate surface area is 110 Å². The first-order valence-corrected chi connectivity index (χ1v) is 6.26. The third-order valence-corrected chi connectivity index (χ3v) is 2.85.